The van der Waals surface area contributed by atoms with Crippen molar-refractivity contribution >= 4 is 23.5 Å². The van der Waals surface area contributed by atoms with Gasteiger partial charge in [-0.3, -0.25) is 4.98 Å². The second kappa shape index (κ2) is 3.38. The minimum Gasteiger partial charge on any atom is -0.255 e. The highest BCUT2D eigenvalue weighted by molar-refractivity contribution is 7.80. The molecule has 13 heavy (non-hydrogen) atoms. The maximum atomic E-state index is 4.48. The van der Waals surface area contributed by atoms with Gasteiger partial charge in [-0.25, -0.2) is 0 Å². The minimum atomic E-state index is 1.00. The molecule has 0 aliphatic heterocycles. The molecule has 1 nitrogen and oxygen atoms in total. The van der Waals surface area contributed by atoms with Crippen LogP contribution in [0, 0.1) is 0 Å². The highest BCUT2D eigenvalue weighted by atomic mass is 32.1. The van der Waals surface area contributed by atoms with Crippen molar-refractivity contribution in [1.29, 1.82) is 0 Å². The molecule has 0 spiro atoms. The van der Waals surface area contributed by atoms with E-state index in [0.29, 0.717) is 0 Å². The Morgan fingerprint density at radius 3 is 2.92 bits per heavy atom. The fraction of sp³-hybridized carbons (Fsp3) is 0.182. The molecule has 0 radical (unpaired) electrons. The summed E-state index contributed by atoms with van der Waals surface area (Å²) in [6, 6.07) is 8.22. The van der Waals surface area contributed by atoms with Crippen molar-refractivity contribution in [3.63, 3.8) is 0 Å². The predicted molar refractivity (Wildman–Crippen MR) is 58.4 cm³/mol. The third-order valence-corrected chi connectivity index (χ3v) is 2.71. The average molecular weight is 189 g/mol. The van der Waals surface area contributed by atoms with E-state index in [0.717, 1.165) is 22.2 Å². The Morgan fingerprint density at radius 1 is 1.31 bits per heavy atom. The number of aromatic nitrogens is 1. The first-order chi connectivity index (χ1) is 6.33. The van der Waals surface area contributed by atoms with Crippen LogP contribution in [0.4, 0.5) is 0 Å². The van der Waals surface area contributed by atoms with Crippen LogP contribution in [0.2, 0.25) is 0 Å². The van der Waals surface area contributed by atoms with Crippen LogP contribution >= 0.6 is 12.6 Å². The van der Waals surface area contributed by atoms with E-state index >= 15 is 0 Å². The first kappa shape index (κ1) is 8.57. The van der Waals surface area contributed by atoms with Gasteiger partial charge in [-0.1, -0.05) is 25.1 Å². The molecule has 1 aromatic heterocycles. The average Bonchev–Trinajstić information content (AvgIpc) is 2.19. The molecule has 1 aromatic carbocycles. The second-order valence-electron chi connectivity index (χ2n) is 3.00. The smallest absolute Gasteiger partial charge is 0.0837 e. The van der Waals surface area contributed by atoms with E-state index in [4.69, 9.17) is 0 Å². The maximum absolute atomic E-state index is 4.48. The Bertz CT molecular complexity index is 437. The molecule has 1 heterocycles. The summed E-state index contributed by atoms with van der Waals surface area (Å²) in [5.41, 5.74) is 2.26. The van der Waals surface area contributed by atoms with Crippen LogP contribution in [-0.4, -0.2) is 4.98 Å². The van der Waals surface area contributed by atoms with Gasteiger partial charge in [-0.05, 0) is 18.1 Å². The summed E-state index contributed by atoms with van der Waals surface area (Å²) in [6.45, 7) is 2.13. The summed E-state index contributed by atoms with van der Waals surface area (Å²) in [7, 11) is 0. The SMILES string of the molecule is CCc1ccc2cccnc2c1S. The molecule has 0 saturated carbocycles. The Kier molecular flexibility index (Phi) is 2.23. The number of benzene rings is 1. The Morgan fingerprint density at radius 2 is 2.15 bits per heavy atom. The lowest BCUT2D eigenvalue weighted by atomic mass is 10.1. The van der Waals surface area contributed by atoms with Gasteiger partial charge in [0.2, 0.25) is 0 Å². The van der Waals surface area contributed by atoms with Crippen LogP contribution in [0.3, 0.4) is 0 Å². The zero-order valence-corrected chi connectivity index (χ0v) is 8.38. The molecule has 0 atom stereocenters. The van der Waals surface area contributed by atoms with E-state index in [2.05, 4.69) is 42.7 Å². The van der Waals surface area contributed by atoms with E-state index in [-0.39, 0.29) is 0 Å². The first-order valence-corrected chi connectivity index (χ1v) is 4.83. The summed E-state index contributed by atoms with van der Waals surface area (Å²) in [5, 5.41) is 1.16. The van der Waals surface area contributed by atoms with Crippen molar-refractivity contribution in [2.75, 3.05) is 0 Å². The van der Waals surface area contributed by atoms with Crippen molar-refractivity contribution in [2.45, 2.75) is 18.2 Å². The van der Waals surface area contributed by atoms with Crippen molar-refractivity contribution < 1.29 is 0 Å². The molecule has 0 fully saturated rings. The number of hydrogen-bond donors (Lipinski definition) is 1. The first-order valence-electron chi connectivity index (χ1n) is 4.38. The molecule has 0 aliphatic carbocycles. The number of hydrogen-bond acceptors (Lipinski definition) is 2. The quantitative estimate of drug-likeness (QED) is 0.680. The summed E-state index contributed by atoms with van der Waals surface area (Å²) in [5.74, 6) is 0. The van der Waals surface area contributed by atoms with Crippen LogP contribution < -0.4 is 0 Å². The fourth-order valence-electron chi connectivity index (χ4n) is 1.46. The maximum Gasteiger partial charge on any atom is 0.0837 e. The lowest BCUT2D eigenvalue weighted by Gasteiger charge is -2.04. The van der Waals surface area contributed by atoms with Gasteiger partial charge in [0.1, 0.15) is 0 Å². The van der Waals surface area contributed by atoms with E-state index in [1.165, 1.54) is 5.56 Å². The Hall–Kier alpha value is -1.02. The van der Waals surface area contributed by atoms with E-state index in [1.807, 2.05) is 12.3 Å². The standard InChI is InChI=1S/C11H11NS/c1-2-8-5-6-9-4-3-7-12-10(9)11(8)13/h3-7,13H,2H2,1H3. The zero-order chi connectivity index (χ0) is 9.26. The second-order valence-corrected chi connectivity index (χ2v) is 3.45. The molecular formula is C11H11NS. The molecule has 0 saturated heterocycles. The molecule has 2 heteroatoms. The molecule has 2 rings (SSSR count). The van der Waals surface area contributed by atoms with Crippen LogP contribution in [-0.2, 0) is 6.42 Å². The third kappa shape index (κ3) is 1.42. The van der Waals surface area contributed by atoms with Gasteiger partial charge < -0.3 is 0 Å². The van der Waals surface area contributed by atoms with Crippen molar-refractivity contribution in [1.82, 2.24) is 4.98 Å². The summed E-state index contributed by atoms with van der Waals surface area (Å²) >= 11 is 4.48. The molecule has 2 aromatic rings. The highest BCUT2D eigenvalue weighted by Crippen LogP contribution is 2.23. The van der Waals surface area contributed by atoms with Crippen molar-refractivity contribution in [3.8, 4) is 0 Å². The van der Waals surface area contributed by atoms with Crippen LogP contribution in [0.15, 0.2) is 35.4 Å². The molecule has 66 valence electrons. The summed E-state index contributed by atoms with van der Waals surface area (Å²) < 4.78 is 0. The van der Waals surface area contributed by atoms with Crippen molar-refractivity contribution in [2.24, 2.45) is 0 Å². The highest BCUT2D eigenvalue weighted by Gasteiger charge is 2.02. The molecule has 0 bridgehead atoms. The molecule has 0 unspecified atom stereocenters. The van der Waals surface area contributed by atoms with E-state index < -0.39 is 0 Å². The number of aryl methyl sites for hydroxylation is 1. The Labute approximate surface area is 83.2 Å². The largest absolute Gasteiger partial charge is 0.255 e. The van der Waals surface area contributed by atoms with Gasteiger partial charge in [0.05, 0.1) is 5.52 Å². The number of pyridine rings is 1. The molecular weight excluding hydrogens is 178 g/mol. The number of thiol groups is 1. The van der Waals surface area contributed by atoms with E-state index in [1.54, 1.807) is 0 Å². The van der Waals surface area contributed by atoms with Gasteiger partial charge >= 0.3 is 0 Å². The Balaban J connectivity index is 2.79. The van der Waals surface area contributed by atoms with Gasteiger partial charge in [0.25, 0.3) is 0 Å². The lowest BCUT2D eigenvalue weighted by molar-refractivity contribution is 1.09. The number of rotatable bonds is 1. The van der Waals surface area contributed by atoms with Crippen LogP contribution in [0.5, 0.6) is 0 Å². The lowest BCUT2D eigenvalue weighted by Crippen LogP contribution is -1.86. The normalized spacial score (nSPS) is 10.6. The van der Waals surface area contributed by atoms with E-state index in [9.17, 15) is 0 Å². The number of fused-ring (bicyclic) bond motifs is 1. The topological polar surface area (TPSA) is 12.9 Å². The predicted octanol–water partition coefficient (Wildman–Crippen LogP) is 3.09. The summed E-state index contributed by atoms with van der Waals surface area (Å²) in [6.07, 6.45) is 2.81. The monoisotopic (exact) mass is 189 g/mol. The van der Waals surface area contributed by atoms with Crippen molar-refractivity contribution in [3.05, 3.63) is 36.0 Å². The third-order valence-electron chi connectivity index (χ3n) is 2.21. The van der Waals surface area contributed by atoms with Crippen LogP contribution in [0.25, 0.3) is 10.9 Å². The van der Waals surface area contributed by atoms with Gasteiger partial charge in [0.15, 0.2) is 0 Å². The molecule has 0 N–H and O–H groups in total. The van der Waals surface area contributed by atoms with Crippen LogP contribution in [0.1, 0.15) is 12.5 Å². The van der Waals surface area contributed by atoms with Gasteiger partial charge in [0, 0.05) is 16.5 Å². The number of nitrogens with zero attached hydrogens (tertiary/aromatic N) is 1. The molecule has 0 amide bonds. The zero-order valence-electron chi connectivity index (χ0n) is 7.49. The fourth-order valence-corrected chi connectivity index (χ4v) is 1.88. The van der Waals surface area contributed by atoms with Gasteiger partial charge in [-0.2, -0.15) is 0 Å². The summed E-state index contributed by atoms with van der Waals surface area (Å²) in [4.78, 5) is 5.33. The molecule has 0 aliphatic rings. The minimum absolute atomic E-state index is 1.00. The van der Waals surface area contributed by atoms with Gasteiger partial charge in [-0.15, -0.1) is 12.6 Å².